The molecule has 110 valence electrons. The minimum Gasteiger partial charge on any atom is -0.335 e. The predicted molar refractivity (Wildman–Crippen MR) is 82.4 cm³/mol. The molecule has 1 aliphatic heterocycles. The summed E-state index contributed by atoms with van der Waals surface area (Å²) in [7, 11) is 0. The van der Waals surface area contributed by atoms with E-state index in [1.807, 2.05) is 0 Å². The van der Waals surface area contributed by atoms with Gasteiger partial charge in [0.25, 0.3) is 5.56 Å². The molecule has 0 bridgehead atoms. The second-order valence-electron chi connectivity index (χ2n) is 6.48. The number of aromatic nitrogens is 2. The van der Waals surface area contributed by atoms with Gasteiger partial charge in [0, 0.05) is 31.7 Å². The third-order valence-corrected chi connectivity index (χ3v) is 5.05. The van der Waals surface area contributed by atoms with Crippen molar-refractivity contribution in [2.24, 2.45) is 11.8 Å². The topological polar surface area (TPSA) is 51.9 Å². The van der Waals surface area contributed by atoms with Crippen LogP contribution in [-0.2, 0) is 13.0 Å². The van der Waals surface area contributed by atoms with E-state index >= 15 is 0 Å². The molecule has 0 aromatic carbocycles. The van der Waals surface area contributed by atoms with E-state index in [4.69, 9.17) is 12.2 Å². The lowest BCUT2D eigenvalue weighted by molar-refractivity contribution is 0.171. The van der Waals surface area contributed by atoms with Crippen molar-refractivity contribution in [2.45, 2.75) is 45.6 Å². The Morgan fingerprint density at radius 2 is 2.00 bits per heavy atom. The number of H-pyrrole nitrogens is 2. The molecule has 0 atom stereocenters. The summed E-state index contributed by atoms with van der Waals surface area (Å²) < 4.78 is 0.448. The van der Waals surface area contributed by atoms with Gasteiger partial charge in [0.05, 0.1) is 5.56 Å². The number of hydrogen-bond donors (Lipinski definition) is 2. The van der Waals surface area contributed by atoms with Crippen LogP contribution in [0.25, 0.3) is 0 Å². The smallest absolute Gasteiger partial charge is 0.256 e. The average molecular weight is 293 g/mol. The van der Waals surface area contributed by atoms with Gasteiger partial charge in [-0.05, 0) is 36.9 Å². The highest BCUT2D eigenvalue weighted by Crippen LogP contribution is 2.29. The predicted octanol–water partition coefficient (Wildman–Crippen LogP) is 2.62. The van der Waals surface area contributed by atoms with Crippen LogP contribution in [-0.4, -0.2) is 28.0 Å². The zero-order valence-electron chi connectivity index (χ0n) is 12.1. The van der Waals surface area contributed by atoms with Gasteiger partial charge in [0.15, 0.2) is 4.77 Å². The van der Waals surface area contributed by atoms with E-state index in [1.165, 1.54) is 25.7 Å². The average Bonchev–Trinajstić information content (AvgIpc) is 2.42. The van der Waals surface area contributed by atoms with Crippen molar-refractivity contribution >= 4 is 12.2 Å². The Bertz CT molecular complexity index is 584. The summed E-state index contributed by atoms with van der Waals surface area (Å²) >= 11 is 5.03. The van der Waals surface area contributed by atoms with Crippen LogP contribution in [0.5, 0.6) is 0 Å². The summed E-state index contributed by atoms with van der Waals surface area (Å²) in [6.07, 6.45) is 6.33. The molecule has 1 fully saturated rings. The fourth-order valence-electron chi connectivity index (χ4n) is 3.55. The molecule has 2 heterocycles. The summed E-state index contributed by atoms with van der Waals surface area (Å²) in [5.41, 5.74) is 1.91. The molecule has 1 aromatic heterocycles. The molecule has 20 heavy (non-hydrogen) atoms. The van der Waals surface area contributed by atoms with Crippen LogP contribution in [0.3, 0.4) is 0 Å². The van der Waals surface area contributed by atoms with E-state index in [1.54, 1.807) is 0 Å². The Hall–Kier alpha value is -0.940. The third-order valence-electron chi connectivity index (χ3n) is 4.84. The molecule has 2 N–H and O–H groups in total. The Labute approximate surface area is 124 Å². The Balaban J connectivity index is 1.67. The van der Waals surface area contributed by atoms with E-state index in [0.717, 1.165) is 49.1 Å². The van der Waals surface area contributed by atoms with Gasteiger partial charge in [-0.15, -0.1) is 0 Å². The zero-order chi connectivity index (χ0) is 14.1. The second-order valence-corrected chi connectivity index (χ2v) is 6.88. The minimum absolute atomic E-state index is 0.00860. The lowest BCUT2D eigenvalue weighted by Crippen LogP contribution is -2.39. The molecule has 0 saturated heterocycles. The van der Waals surface area contributed by atoms with Gasteiger partial charge in [0.2, 0.25) is 0 Å². The summed E-state index contributed by atoms with van der Waals surface area (Å²) in [6, 6.07) is 0. The highest BCUT2D eigenvalue weighted by molar-refractivity contribution is 7.71. The molecule has 0 spiro atoms. The normalized spacial score (nSPS) is 27.2. The quantitative estimate of drug-likeness (QED) is 0.824. The maximum absolute atomic E-state index is 12.0. The standard InChI is InChI=1S/C15H23N3OS/c1-10-2-4-11(5-3-10)8-18-7-6-13-12(9-18)14(19)17-15(20)16-13/h10-11H,2-9H2,1H3,(H2,16,17,19,20). The van der Waals surface area contributed by atoms with Gasteiger partial charge < -0.3 is 4.98 Å². The number of fused-ring (bicyclic) bond motifs is 1. The van der Waals surface area contributed by atoms with Crippen molar-refractivity contribution in [2.75, 3.05) is 13.1 Å². The second kappa shape index (κ2) is 5.82. The van der Waals surface area contributed by atoms with E-state index < -0.39 is 0 Å². The first-order valence-electron chi connectivity index (χ1n) is 7.68. The van der Waals surface area contributed by atoms with Gasteiger partial charge in [-0.1, -0.05) is 19.8 Å². The number of rotatable bonds is 2. The van der Waals surface area contributed by atoms with Crippen LogP contribution < -0.4 is 5.56 Å². The van der Waals surface area contributed by atoms with Crippen molar-refractivity contribution in [3.63, 3.8) is 0 Å². The molecule has 0 radical (unpaired) electrons. The van der Waals surface area contributed by atoms with Crippen LogP contribution in [0.4, 0.5) is 0 Å². The van der Waals surface area contributed by atoms with Crippen molar-refractivity contribution < 1.29 is 0 Å². The van der Waals surface area contributed by atoms with Crippen LogP contribution >= 0.6 is 12.2 Å². The summed E-state index contributed by atoms with van der Waals surface area (Å²) in [6.45, 7) is 5.30. The highest BCUT2D eigenvalue weighted by atomic mass is 32.1. The Kier molecular flexibility index (Phi) is 4.08. The molecule has 1 aromatic rings. The summed E-state index contributed by atoms with van der Waals surface area (Å²) in [5.74, 6) is 1.71. The molecule has 0 amide bonds. The molecular weight excluding hydrogens is 270 g/mol. The van der Waals surface area contributed by atoms with Crippen LogP contribution in [0, 0.1) is 16.6 Å². The maximum Gasteiger partial charge on any atom is 0.256 e. The molecule has 1 aliphatic carbocycles. The summed E-state index contributed by atoms with van der Waals surface area (Å²) in [4.78, 5) is 20.3. The summed E-state index contributed by atoms with van der Waals surface area (Å²) in [5, 5.41) is 0. The Morgan fingerprint density at radius 3 is 2.75 bits per heavy atom. The van der Waals surface area contributed by atoms with E-state index in [0.29, 0.717) is 4.77 Å². The van der Waals surface area contributed by atoms with Crippen LogP contribution in [0.2, 0.25) is 0 Å². The van der Waals surface area contributed by atoms with Crippen LogP contribution in [0.1, 0.15) is 43.9 Å². The molecule has 4 nitrogen and oxygen atoms in total. The van der Waals surface area contributed by atoms with Gasteiger partial charge >= 0.3 is 0 Å². The first-order chi connectivity index (χ1) is 9.61. The fourth-order valence-corrected chi connectivity index (χ4v) is 3.76. The largest absolute Gasteiger partial charge is 0.335 e. The zero-order valence-corrected chi connectivity index (χ0v) is 12.9. The number of aromatic amines is 2. The molecular formula is C15H23N3OS. The van der Waals surface area contributed by atoms with Gasteiger partial charge in [-0.25, -0.2) is 0 Å². The third kappa shape index (κ3) is 3.04. The van der Waals surface area contributed by atoms with E-state index in [2.05, 4.69) is 21.8 Å². The van der Waals surface area contributed by atoms with Gasteiger partial charge in [-0.3, -0.25) is 14.7 Å². The monoisotopic (exact) mass is 293 g/mol. The van der Waals surface area contributed by atoms with Crippen molar-refractivity contribution in [3.05, 3.63) is 26.4 Å². The lowest BCUT2D eigenvalue weighted by Gasteiger charge is -2.34. The van der Waals surface area contributed by atoms with E-state index in [-0.39, 0.29) is 5.56 Å². The van der Waals surface area contributed by atoms with E-state index in [9.17, 15) is 4.79 Å². The number of nitrogens with one attached hydrogen (secondary N) is 2. The van der Waals surface area contributed by atoms with Gasteiger partial charge in [0.1, 0.15) is 0 Å². The first-order valence-corrected chi connectivity index (χ1v) is 8.09. The number of nitrogens with zero attached hydrogens (tertiary/aromatic N) is 1. The minimum atomic E-state index is -0.00860. The lowest BCUT2D eigenvalue weighted by atomic mass is 9.82. The SMILES string of the molecule is CC1CCC(CN2CCc3[nH]c(=S)[nH]c(=O)c3C2)CC1. The highest BCUT2D eigenvalue weighted by Gasteiger charge is 2.24. The van der Waals surface area contributed by atoms with Crippen molar-refractivity contribution in [3.8, 4) is 0 Å². The van der Waals surface area contributed by atoms with Gasteiger partial charge in [-0.2, -0.15) is 0 Å². The Morgan fingerprint density at radius 1 is 1.25 bits per heavy atom. The first kappa shape index (κ1) is 14.0. The van der Waals surface area contributed by atoms with Crippen molar-refractivity contribution in [1.82, 2.24) is 14.9 Å². The molecule has 2 aliphatic rings. The molecule has 1 saturated carbocycles. The maximum atomic E-state index is 12.0. The molecule has 3 rings (SSSR count). The molecule has 5 heteroatoms. The fraction of sp³-hybridized carbons (Fsp3) is 0.733. The van der Waals surface area contributed by atoms with Crippen LogP contribution in [0.15, 0.2) is 4.79 Å². The number of hydrogen-bond acceptors (Lipinski definition) is 3. The van der Waals surface area contributed by atoms with Crippen molar-refractivity contribution in [1.29, 1.82) is 0 Å². The molecule has 0 unspecified atom stereocenters.